The smallest absolute Gasteiger partial charge is 0.415 e. The second-order valence-corrected chi connectivity index (χ2v) is 5.69. The standard InChI is InChI=1S/C12H17BF2N2O3/c1-7-8(6-9(17-16-7)18-10(14)15)13-19-11(2,3)12(4,5)20-13/h6,10H,1-5H3. The molecule has 1 aliphatic rings. The maximum absolute atomic E-state index is 12.2. The zero-order valence-corrected chi connectivity index (χ0v) is 12.1. The van der Waals surface area contributed by atoms with Crippen LogP contribution in [0, 0.1) is 6.92 Å². The summed E-state index contributed by atoms with van der Waals surface area (Å²) in [5, 5.41) is 7.36. The average molecular weight is 286 g/mol. The van der Waals surface area contributed by atoms with Gasteiger partial charge in [-0.3, -0.25) is 0 Å². The van der Waals surface area contributed by atoms with Crippen LogP contribution >= 0.6 is 0 Å². The van der Waals surface area contributed by atoms with Crippen molar-refractivity contribution in [3.8, 4) is 5.88 Å². The van der Waals surface area contributed by atoms with E-state index in [4.69, 9.17) is 9.31 Å². The molecule has 0 N–H and O–H groups in total. The van der Waals surface area contributed by atoms with E-state index in [0.29, 0.717) is 11.2 Å². The minimum absolute atomic E-state index is 0.254. The number of rotatable bonds is 3. The number of alkyl halides is 2. The first kappa shape index (κ1) is 15.1. The lowest BCUT2D eigenvalue weighted by Gasteiger charge is -2.32. The number of aromatic nitrogens is 2. The molecule has 1 saturated heterocycles. The van der Waals surface area contributed by atoms with E-state index in [1.165, 1.54) is 6.07 Å². The maximum Gasteiger partial charge on any atom is 0.496 e. The Balaban J connectivity index is 2.30. The summed E-state index contributed by atoms with van der Waals surface area (Å²) in [4.78, 5) is 0. The monoisotopic (exact) mass is 286 g/mol. The van der Waals surface area contributed by atoms with Crippen molar-refractivity contribution in [1.29, 1.82) is 0 Å². The third kappa shape index (κ3) is 2.76. The van der Waals surface area contributed by atoms with Gasteiger partial charge < -0.3 is 14.0 Å². The molecule has 1 aromatic rings. The Morgan fingerprint density at radius 3 is 2.20 bits per heavy atom. The van der Waals surface area contributed by atoms with E-state index < -0.39 is 24.9 Å². The number of halogens is 2. The number of nitrogens with zero attached hydrogens (tertiary/aromatic N) is 2. The zero-order chi connectivity index (χ0) is 15.1. The summed E-state index contributed by atoms with van der Waals surface area (Å²) in [5.41, 5.74) is 0.0493. The van der Waals surface area contributed by atoms with Gasteiger partial charge in [0.2, 0.25) is 5.88 Å². The molecule has 5 nitrogen and oxygen atoms in total. The van der Waals surface area contributed by atoms with Gasteiger partial charge in [0.05, 0.1) is 16.9 Å². The van der Waals surface area contributed by atoms with Gasteiger partial charge in [-0.05, 0) is 34.6 Å². The van der Waals surface area contributed by atoms with Gasteiger partial charge in [0.15, 0.2) is 0 Å². The van der Waals surface area contributed by atoms with Gasteiger partial charge in [-0.15, -0.1) is 5.10 Å². The predicted molar refractivity (Wildman–Crippen MR) is 69.1 cm³/mol. The average Bonchev–Trinajstić information content (AvgIpc) is 2.50. The fourth-order valence-electron chi connectivity index (χ4n) is 1.81. The van der Waals surface area contributed by atoms with Crippen LogP contribution in [0.4, 0.5) is 8.78 Å². The van der Waals surface area contributed by atoms with Crippen molar-refractivity contribution in [2.24, 2.45) is 0 Å². The van der Waals surface area contributed by atoms with E-state index in [-0.39, 0.29) is 5.88 Å². The fourth-order valence-corrected chi connectivity index (χ4v) is 1.81. The van der Waals surface area contributed by atoms with E-state index >= 15 is 0 Å². The van der Waals surface area contributed by atoms with Crippen molar-refractivity contribution in [1.82, 2.24) is 10.2 Å². The molecule has 0 aromatic carbocycles. The van der Waals surface area contributed by atoms with Gasteiger partial charge in [0, 0.05) is 11.5 Å². The van der Waals surface area contributed by atoms with E-state index in [1.54, 1.807) is 6.92 Å². The van der Waals surface area contributed by atoms with Crippen molar-refractivity contribution in [3.05, 3.63) is 11.8 Å². The van der Waals surface area contributed by atoms with Gasteiger partial charge in [-0.25, -0.2) is 0 Å². The molecule has 0 aliphatic carbocycles. The Hall–Kier alpha value is -1.28. The Labute approximate surface area is 116 Å². The molecule has 0 radical (unpaired) electrons. The van der Waals surface area contributed by atoms with Crippen molar-refractivity contribution >= 4 is 12.6 Å². The molecule has 8 heteroatoms. The number of ether oxygens (including phenoxy) is 1. The first-order chi connectivity index (χ1) is 9.12. The third-order valence-corrected chi connectivity index (χ3v) is 3.71. The Kier molecular flexibility index (Phi) is 3.72. The van der Waals surface area contributed by atoms with Crippen LogP contribution in [0.25, 0.3) is 0 Å². The molecule has 0 amide bonds. The van der Waals surface area contributed by atoms with Gasteiger partial charge >= 0.3 is 13.7 Å². The van der Waals surface area contributed by atoms with Crippen molar-refractivity contribution in [2.45, 2.75) is 52.4 Å². The SMILES string of the molecule is Cc1nnc(OC(F)F)cc1B1OC(C)(C)C(C)(C)O1. The quantitative estimate of drug-likeness (QED) is 0.791. The number of hydrogen-bond acceptors (Lipinski definition) is 5. The molecule has 110 valence electrons. The first-order valence-corrected chi connectivity index (χ1v) is 6.27. The van der Waals surface area contributed by atoms with Crippen LogP contribution in [-0.4, -0.2) is 35.1 Å². The summed E-state index contributed by atoms with van der Waals surface area (Å²) in [5.74, 6) is -0.254. The second-order valence-electron chi connectivity index (χ2n) is 5.69. The number of aryl methyl sites for hydroxylation is 1. The lowest BCUT2D eigenvalue weighted by Crippen LogP contribution is -2.41. The van der Waals surface area contributed by atoms with Crippen LogP contribution in [0.5, 0.6) is 5.88 Å². The second kappa shape index (κ2) is 4.93. The lowest BCUT2D eigenvalue weighted by molar-refractivity contribution is -0.0534. The van der Waals surface area contributed by atoms with Crippen molar-refractivity contribution < 1.29 is 22.8 Å². The van der Waals surface area contributed by atoms with Gasteiger partial charge in [0.1, 0.15) is 0 Å². The molecule has 2 heterocycles. The first-order valence-electron chi connectivity index (χ1n) is 6.27. The highest BCUT2D eigenvalue weighted by atomic mass is 19.3. The summed E-state index contributed by atoms with van der Waals surface area (Å²) < 4.78 is 40.4. The topological polar surface area (TPSA) is 53.5 Å². The summed E-state index contributed by atoms with van der Waals surface area (Å²) >= 11 is 0. The molecule has 0 atom stereocenters. The summed E-state index contributed by atoms with van der Waals surface area (Å²) in [6, 6.07) is 1.37. The molecule has 0 bridgehead atoms. The summed E-state index contributed by atoms with van der Waals surface area (Å²) in [6.45, 7) is 6.40. The van der Waals surface area contributed by atoms with E-state index in [9.17, 15) is 8.78 Å². The van der Waals surface area contributed by atoms with Crippen LogP contribution in [0.3, 0.4) is 0 Å². The third-order valence-electron chi connectivity index (χ3n) is 3.71. The van der Waals surface area contributed by atoms with Crippen LogP contribution < -0.4 is 10.2 Å². The van der Waals surface area contributed by atoms with E-state index in [2.05, 4.69) is 14.9 Å². The largest absolute Gasteiger partial charge is 0.496 e. The van der Waals surface area contributed by atoms with Crippen LogP contribution in [0.2, 0.25) is 0 Å². The van der Waals surface area contributed by atoms with Gasteiger partial charge in [-0.1, -0.05) is 0 Å². The summed E-state index contributed by atoms with van der Waals surface area (Å²) in [7, 11) is -0.685. The fraction of sp³-hybridized carbons (Fsp3) is 0.667. The van der Waals surface area contributed by atoms with Gasteiger partial charge in [0.25, 0.3) is 0 Å². The van der Waals surface area contributed by atoms with Crippen LogP contribution in [-0.2, 0) is 9.31 Å². The van der Waals surface area contributed by atoms with E-state index in [1.807, 2.05) is 27.7 Å². The Morgan fingerprint density at radius 2 is 1.70 bits per heavy atom. The van der Waals surface area contributed by atoms with Crippen molar-refractivity contribution in [2.75, 3.05) is 0 Å². The molecule has 1 fully saturated rings. The zero-order valence-electron chi connectivity index (χ0n) is 12.1. The molecule has 1 aromatic heterocycles. The molecule has 0 unspecified atom stereocenters. The molecular formula is C12H17BF2N2O3. The minimum Gasteiger partial charge on any atom is -0.415 e. The molecule has 20 heavy (non-hydrogen) atoms. The van der Waals surface area contributed by atoms with Crippen molar-refractivity contribution in [3.63, 3.8) is 0 Å². The lowest BCUT2D eigenvalue weighted by atomic mass is 9.78. The minimum atomic E-state index is -2.95. The Morgan fingerprint density at radius 1 is 1.15 bits per heavy atom. The van der Waals surface area contributed by atoms with Gasteiger partial charge in [-0.2, -0.15) is 13.9 Å². The Bertz CT molecular complexity index is 495. The number of hydrogen-bond donors (Lipinski definition) is 0. The highest BCUT2D eigenvalue weighted by Crippen LogP contribution is 2.36. The molecule has 2 rings (SSSR count). The predicted octanol–water partition coefficient (Wildman–Crippen LogP) is 1.69. The van der Waals surface area contributed by atoms with Crippen LogP contribution in [0.15, 0.2) is 6.07 Å². The normalized spacial score (nSPS) is 20.5. The highest BCUT2D eigenvalue weighted by Gasteiger charge is 2.52. The van der Waals surface area contributed by atoms with Crippen LogP contribution in [0.1, 0.15) is 33.4 Å². The molecular weight excluding hydrogens is 269 g/mol. The molecule has 1 aliphatic heterocycles. The summed E-state index contributed by atoms with van der Waals surface area (Å²) in [6.07, 6.45) is 0. The van der Waals surface area contributed by atoms with E-state index in [0.717, 1.165) is 0 Å². The molecule has 0 saturated carbocycles. The maximum atomic E-state index is 12.2. The molecule has 0 spiro atoms. The highest BCUT2D eigenvalue weighted by molar-refractivity contribution is 6.62.